The third-order valence-electron chi connectivity index (χ3n) is 3.08. The molecule has 0 fully saturated rings. The minimum absolute atomic E-state index is 0.0561. The third kappa shape index (κ3) is 3.84. The Bertz CT molecular complexity index is 652. The quantitative estimate of drug-likeness (QED) is 0.944. The lowest BCUT2D eigenvalue weighted by atomic mass is 10.1. The summed E-state index contributed by atoms with van der Waals surface area (Å²) in [5.41, 5.74) is -0.604. The highest BCUT2D eigenvalue weighted by atomic mass is 19.4. The number of anilines is 1. The van der Waals surface area contributed by atoms with Gasteiger partial charge in [0.2, 0.25) is 5.91 Å². The first-order valence-corrected chi connectivity index (χ1v) is 6.61. The van der Waals surface area contributed by atoms with Crippen LogP contribution in [0.1, 0.15) is 18.3 Å². The van der Waals surface area contributed by atoms with Gasteiger partial charge < -0.3 is 5.32 Å². The highest BCUT2D eigenvalue weighted by Crippen LogP contribution is 2.28. The highest BCUT2D eigenvalue weighted by molar-refractivity contribution is 5.91. The van der Waals surface area contributed by atoms with Crippen LogP contribution in [0.4, 0.5) is 19.0 Å². The van der Waals surface area contributed by atoms with Gasteiger partial charge in [-0.1, -0.05) is 13.0 Å². The second kappa shape index (κ2) is 6.17. The van der Waals surface area contributed by atoms with E-state index in [2.05, 4.69) is 15.4 Å². The van der Waals surface area contributed by atoms with Crippen molar-refractivity contribution in [2.75, 3.05) is 5.32 Å². The van der Waals surface area contributed by atoms with Crippen LogP contribution in [-0.4, -0.2) is 20.7 Å². The van der Waals surface area contributed by atoms with Crippen molar-refractivity contribution in [2.45, 2.75) is 26.6 Å². The van der Waals surface area contributed by atoms with Crippen molar-refractivity contribution >= 4 is 11.7 Å². The lowest BCUT2D eigenvalue weighted by Crippen LogP contribution is -2.25. The normalized spacial score (nSPS) is 13.0. The van der Waals surface area contributed by atoms with Crippen LogP contribution < -0.4 is 5.32 Å². The summed E-state index contributed by atoms with van der Waals surface area (Å²) >= 11 is 0. The molecule has 5 nitrogen and oxygen atoms in total. The Morgan fingerprint density at radius 1 is 1.41 bits per heavy atom. The summed E-state index contributed by atoms with van der Waals surface area (Å²) in [5, 5.41) is 6.11. The zero-order valence-electron chi connectivity index (χ0n) is 12.1. The number of rotatable bonds is 4. The smallest absolute Gasteiger partial charge is 0.310 e. The van der Waals surface area contributed by atoms with Gasteiger partial charge in [-0.3, -0.25) is 9.48 Å². The number of aryl methyl sites for hydroxylation is 1. The maximum Gasteiger partial charge on any atom is 0.435 e. The molecule has 1 atom stereocenters. The number of pyridine rings is 1. The molecule has 2 aromatic heterocycles. The zero-order chi connectivity index (χ0) is 16.3. The molecule has 2 rings (SSSR count). The van der Waals surface area contributed by atoms with Gasteiger partial charge in [-0.2, -0.15) is 18.3 Å². The topological polar surface area (TPSA) is 59.8 Å². The molecule has 0 radical (unpaired) electrons. The Labute approximate surface area is 125 Å². The summed E-state index contributed by atoms with van der Waals surface area (Å²) in [6.07, 6.45) is -2.96. The second-order valence-electron chi connectivity index (χ2n) is 4.96. The fraction of sp³-hybridized carbons (Fsp3) is 0.357. The van der Waals surface area contributed by atoms with Crippen LogP contribution >= 0.6 is 0 Å². The fourth-order valence-corrected chi connectivity index (χ4v) is 1.86. The number of nitrogens with one attached hydrogen (secondary N) is 1. The Morgan fingerprint density at radius 3 is 2.68 bits per heavy atom. The number of halogens is 3. The molecule has 0 saturated heterocycles. The highest BCUT2D eigenvalue weighted by Gasteiger charge is 2.34. The van der Waals surface area contributed by atoms with Gasteiger partial charge in [0.1, 0.15) is 5.82 Å². The van der Waals surface area contributed by atoms with Crippen molar-refractivity contribution in [1.29, 1.82) is 0 Å². The number of carbonyl (C=O) groups is 1. The van der Waals surface area contributed by atoms with E-state index in [9.17, 15) is 18.0 Å². The van der Waals surface area contributed by atoms with Gasteiger partial charge in [-0.15, -0.1) is 0 Å². The fourth-order valence-electron chi connectivity index (χ4n) is 1.86. The Balaban J connectivity index is 2.04. The Kier molecular flexibility index (Phi) is 4.48. The molecule has 0 aliphatic heterocycles. The van der Waals surface area contributed by atoms with E-state index < -0.39 is 17.8 Å². The lowest BCUT2D eigenvalue weighted by Gasteiger charge is -2.13. The number of nitrogens with zero attached hydrogens (tertiary/aromatic N) is 3. The van der Waals surface area contributed by atoms with Gasteiger partial charge in [0.25, 0.3) is 0 Å². The minimum Gasteiger partial charge on any atom is -0.310 e. The summed E-state index contributed by atoms with van der Waals surface area (Å²) in [5.74, 6) is -0.489. The van der Waals surface area contributed by atoms with Crippen molar-refractivity contribution < 1.29 is 18.0 Å². The lowest BCUT2D eigenvalue weighted by molar-refractivity contribution is -0.141. The summed E-state index contributed by atoms with van der Waals surface area (Å²) in [6.45, 7) is 3.19. The maximum absolute atomic E-state index is 12.6. The number of hydrogen-bond acceptors (Lipinski definition) is 3. The van der Waals surface area contributed by atoms with Crippen LogP contribution in [0.5, 0.6) is 0 Å². The molecule has 0 aliphatic rings. The molecule has 22 heavy (non-hydrogen) atoms. The van der Waals surface area contributed by atoms with E-state index in [-0.39, 0.29) is 12.5 Å². The molecule has 0 unspecified atom stereocenters. The van der Waals surface area contributed by atoms with Gasteiger partial charge in [0.05, 0.1) is 12.5 Å². The maximum atomic E-state index is 12.6. The molecular formula is C14H15F3N4O. The molecule has 118 valence electrons. The third-order valence-corrected chi connectivity index (χ3v) is 3.08. The largest absolute Gasteiger partial charge is 0.435 e. The van der Waals surface area contributed by atoms with Gasteiger partial charge in [0, 0.05) is 11.9 Å². The number of alkyl halides is 3. The van der Waals surface area contributed by atoms with E-state index in [4.69, 9.17) is 0 Å². The van der Waals surface area contributed by atoms with Gasteiger partial charge in [0.15, 0.2) is 5.69 Å². The van der Waals surface area contributed by atoms with E-state index in [1.807, 2.05) is 0 Å². The molecule has 8 heteroatoms. The van der Waals surface area contributed by atoms with Crippen molar-refractivity contribution in [2.24, 2.45) is 5.92 Å². The first-order chi connectivity index (χ1) is 10.3. The monoisotopic (exact) mass is 312 g/mol. The number of amides is 1. The van der Waals surface area contributed by atoms with Crippen LogP contribution in [0, 0.1) is 12.8 Å². The SMILES string of the molecule is Cc1cc(C(F)(F)F)nn1C[C@H](C)C(=O)Nc1ccccn1. The average molecular weight is 312 g/mol. The van der Waals surface area contributed by atoms with Crippen molar-refractivity contribution in [3.63, 3.8) is 0 Å². The summed E-state index contributed by atoms with van der Waals surface area (Å²) < 4.78 is 39.0. The molecule has 0 aromatic carbocycles. The van der Waals surface area contributed by atoms with Crippen molar-refractivity contribution in [3.8, 4) is 0 Å². The predicted octanol–water partition coefficient (Wildman–Crippen LogP) is 2.88. The number of hydrogen-bond donors (Lipinski definition) is 1. The first-order valence-electron chi connectivity index (χ1n) is 6.61. The summed E-state index contributed by atoms with van der Waals surface area (Å²) in [6, 6.07) is 6.03. The molecular weight excluding hydrogens is 297 g/mol. The van der Waals surface area contributed by atoms with Crippen LogP contribution in [-0.2, 0) is 17.5 Å². The standard InChI is InChI=1S/C14H15F3N4O/c1-9(13(22)19-12-5-3-4-6-18-12)8-21-10(2)7-11(20-21)14(15,16)17/h3-7,9H,8H2,1-2H3,(H,18,19,22)/t9-/m0/s1. The van der Waals surface area contributed by atoms with Crippen LogP contribution in [0.15, 0.2) is 30.5 Å². The molecule has 0 bridgehead atoms. The Morgan fingerprint density at radius 2 is 2.14 bits per heavy atom. The van der Waals surface area contributed by atoms with Gasteiger partial charge in [-0.05, 0) is 25.1 Å². The van der Waals surface area contributed by atoms with Crippen LogP contribution in [0.2, 0.25) is 0 Å². The van der Waals surface area contributed by atoms with Crippen LogP contribution in [0.25, 0.3) is 0 Å². The van der Waals surface area contributed by atoms with E-state index in [1.54, 1.807) is 25.1 Å². The molecule has 2 heterocycles. The van der Waals surface area contributed by atoms with Crippen LogP contribution in [0.3, 0.4) is 0 Å². The van der Waals surface area contributed by atoms with Gasteiger partial charge in [-0.25, -0.2) is 4.98 Å². The van der Waals surface area contributed by atoms with Crippen molar-refractivity contribution in [3.05, 3.63) is 41.9 Å². The van der Waals surface area contributed by atoms with E-state index in [0.717, 1.165) is 6.07 Å². The number of carbonyl (C=O) groups excluding carboxylic acids is 1. The summed E-state index contributed by atoms with van der Waals surface area (Å²) in [4.78, 5) is 16.0. The molecule has 0 saturated carbocycles. The van der Waals surface area contributed by atoms with E-state index in [1.165, 1.54) is 17.8 Å². The first kappa shape index (κ1) is 16.0. The average Bonchev–Trinajstić information content (AvgIpc) is 2.81. The van der Waals surface area contributed by atoms with E-state index >= 15 is 0 Å². The van der Waals surface area contributed by atoms with Gasteiger partial charge >= 0.3 is 6.18 Å². The predicted molar refractivity (Wildman–Crippen MR) is 74.0 cm³/mol. The molecule has 1 amide bonds. The summed E-state index contributed by atoms with van der Waals surface area (Å²) in [7, 11) is 0. The minimum atomic E-state index is -4.49. The Hall–Kier alpha value is -2.38. The molecule has 0 spiro atoms. The number of aromatic nitrogens is 3. The molecule has 0 aliphatic carbocycles. The second-order valence-corrected chi connectivity index (χ2v) is 4.96. The van der Waals surface area contributed by atoms with E-state index in [0.29, 0.717) is 11.5 Å². The zero-order valence-corrected chi connectivity index (χ0v) is 12.1. The molecule has 2 aromatic rings. The van der Waals surface area contributed by atoms with Crippen molar-refractivity contribution in [1.82, 2.24) is 14.8 Å². The molecule has 1 N–H and O–H groups in total.